The number of para-hydroxylation sites is 1. The number of fused-ring (bicyclic) bond motifs is 1. The number of carbonyl (C=O) groups is 1. The number of thioether (sulfide) groups is 1. The minimum absolute atomic E-state index is 0.240. The van der Waals surface area contributed by atoms with Crippen LogP contribution in [0.2, 0.25) is 0 Å². The molecule has 1 aromatic rings. The van der Waals surface area contributed by atoms with E-state index in [0.717, 1.165) is 18.5 Å². The van der Waals surface area contributed by atoms with Gasteiger partial charge in [-0.25, -0.2) is 0 Å². The van der Waals surface area contributed by atoms with Gasteiger partial charge in [0.15, 0.2) is 0 Å². The SMILES string of the molecule is CCOC(=S)S[C@H]1CCC2CC(=O)N(c3ccccc3)C21. The van der Waals surface area contributed by atoms with Crippen molar-refractivity contribution in [2.45, 2.75) is 37.5 Å². The number of hydrogen-bond acceptors (Lipinski definition) is 4. The van der Waals surface area contributed by atoms with E-state index in [4.69, 9.17) is 17.0 Å². The maximum atomic E-state index is 12.4. The van der Waals surface area contributed by atoms with Crippen LogP contribution in [0.5, 0.6) is 0 Å². The fraction of sp³-hybridized carbons (Fsp3) is 0.500. The van der Waals surface area contributed by atoms with Gasteiger partial charge in [0.1, 0.15) is 0 Å². The molecule has 1 saturated carbocycles. The molecule has 3 atom stereocenters. The van der Waals surface area contributed by atoms with Gasteiger partial charge in [0.05, 0.1) is 12.6 Å². The molecular formula is C16H19NO2S2. The molecular weight excluding hydrogens is 302 g/mol. The first-order valence-electron chi connectivity index (χ1n) is 7.41. The van der Waals surface area contributed by atoms with Crippen molar-refractivity contribution in [3.05, 3.63) is 30.3 Å². The van der Waals surface area contributed by atoms with E-state index in [-0.39, 0.29) is 11.9 Å². The Labute approximate surface area is 135 Å². The molecule has 1 amide bonds. The summed E-state index contributed by atoms with van der Waals surface area (Å²) in [6.07, 6.45) is 2.87. The van der Waals surface area contributed by atoms with E-state index in [9.17, 15) is 4.79 Å². The van der Waals surface area contributed by atoms with Crippen LogP contribution in [0.1, 0.15) is 26.2 Å². The van der Waals surface area contributed by atoms with E-state index in [2.05, 4.69) is 0 Å². The summed E-state index contributed by atoms with van der Waals surface area (Å²) in [5.74, 6) is 0.698. The number of rotatable bonds is 3. The van der Waals surface area contributed by atoms with E-state index in [1.54, 1.807) is 11.8 Å². The van der Waals surface area contributed by atoms with Crippen LogP contribution in [-0.4, -0.2) is 28.2 Å². The fourth-order valence-corrected chi connectivity index (χ4v) is 5.08. The monoisotopic (exact) mass is 321 g/mol. The first-order valence-corrected chi connectivity index (χ1v) is 8.70. The van der Waals surface area contributed by atoms with E-state index < -0.39 is 0 Å². The maximum absolute atomic E-state index is 12.4. The quantitative estimate of drug-likeness (QED) is 0.795. The number of ether oxygens (including phenoxy) is 1. The average molecular weight is 321 g/mol. The second kappa shape index (κ2) is 6.36. The zero-order chi connectivity index (χ0) is 14.8. The molecule has 0 N–H and O–H groups in total. The van der Waals surface area contributed by atoms with Crippen molar-refractivity contribution >= 4 is 40.0 Å². The number of carbonyl (C=O) groups excluding carboxylic acids is 1. The van der Waals surface area contributed by atoms with Gasteiger partial charge < -0.3 is 9.64 Å². The van der Waals surface area contributed by atoms with E-state index in [0.29, 0.717) is 28.6 Å². The molecule has 112 valence electrons. The molecule has 2 aliphatic rings. The van der Waals surface area contributed by atoms with Crippen LogP contribution in [0.4, 0.5) is 5.69 Å². The van der Waals surface area contributed by atoms with Crippen molar-refractivity contribution in [1.82, 2.24) is 0 Å². The Balaban J connectivity index is 1.80. The fourth-order valence-electron chi connectivity index (χ4n) is 3.42. The van der Waals surface area contributed by atoms with Crippen molar-refractivity contribution in [3.8, 4) is 0 Å². The molecule has 1 aliphatic heterocycles. The van der Waals surface area contributed by atoms with Crippen molar-refractivity contribution in [2.75, 3.05) is 11.5 Å². The number of benzene rings is 1. The van der Waals surface area contributed by atoms with Crippen LogP contribution >= 0.6 is 24.0 Å². The number of amides is 1. The summed E-state index contributed by atoms with van der Waals surface area (Å²) in [6.45, 7) is 2.55. The van der Waals surface area contributed by atoms with Crippen LogP contribution in [-0.2, 0) is 9.53 Å². The summed E-state index contributed by atoms with van der Waals surface area (Å²) >= 11 is 6.90. The largest absolute Gasteiger partial charge is 0.479 e. The Morgan fingerprint density at radius 2 is 2.14 bits per heavy atom. The predicted octanol–water partition coefficient (Wildman–Crippen LogP) is 3.63. The third-order valence-corrected chi connectivity index (χ3v) is 5.77. The summed E-state index contributed by atoms with van der Waals surface area (Å²) in [5.41, 5.74) is 1.00. The molecule has 1 heterocycles. The highest BCUT2D eigenvalue weighted by molar-refractivity contribution is 8.23. The van der Waals surface area contributed by atoms with Crippen LogP contribution in [0, 0.1) is 5.92 Å². The molecule has 2 fully saturated rings. The molecule has 0 spiro atoms. The first kappa shape index (κ1) is 14.9. The van der Waals surface area contributed by atoms with Gasteiger partial charge in [-0.2, -0.15) is 0 Å². The van der Waals surface area contributed by atoms with E-state index >= 15 is 0 Å². The summed E-state index contributed by atoms with van der Waals surface area (Å²) in [6, 6.07) is 10.2. The molecule has 1 aromatic carbocycles. The second-order valence-electron chi connectivity index (χ2n) is 5.47. The third-order valence-electron chi connectivity index (χ3n) is 4.23. The molecule has 0 radical (unpaired) electrons. The molecule has 0 bridgehead atoms. The Morgan fingerprint density at radius 1 is 1.38 bits per heavy atom. The van der Waals surface area contributed by atoms with Gasteiger partial charge in [0.25, 0.3) is 0 Å². The Hall–Kier alpha value is -1.07. The number of thiocarbonyl (C=S) groups is 1. The van der Waals surface area contributed by atoms with Gasteiger partial charge in [0, 0.05) is 17.4 Å². The minimum Gasteiger partial charge on any atom is -0.479 e. The van der Waals surface area contributed by atoms with Crippen molar-refractivity contribution in [3.63, 3.8) is 0 Å². The van der Waals surface area contributed by atoms with Crippen molar-refractivity contribution in [1.29, 1.82) is 0 Å². The summed E-state index contributed by atoms with van der Waals surface area (Å²) in [5, 5.41) is 0.348. The standard InChI is InChI=1S/C16H19NO2S2/c1-2-19-16(20)21-13-9-8-11-10-14(18)17(15(11)13)12-6-4-3-5-7-12/h3-7,11,13,15H,2,8-10H2,1H3/t11?,13-,15?/m0/s1. The number of hydrogen-bond donors (Lipinski definition) is 0. The average Bonchev–Trinajstić information content (AvgIpc) is 2.99. The van der Waals surface area contributed by atoms with Crippen LogP contribution in [0.3, 0.4) is 0 Å². The van der Waals surface area contributed by atoms with Crippen LogP contribution in [0.25, 0.3) is 0 Å². The van der Waals surface area contributed by atoms with Gasteiger partial charge in [0.2, 0.25) is 10.3 Å². The highest BCUT2D eigenvalue weighted by atomic mass is 32.2. The van der Waals surface area contributed by atoms with Crippen LogP contribution < -0.4 is 4.90 Å². The predicted molar refractivity (Wildman–Crippen MR) is 90.7 cm³/mol. The topological polar surface area (TPSA) is 29.5 Å². The lowest BCUT2D eigenvalue weighted by molar-refractivity contribution is -0.117. The van der Waals surface area contributed by atoms with E-state index in [1.807, 2.05) is 42.2 Å². The Kier molecular flexibility index (Phi) is 4.50. The third kappa shape index (κ3) is 2.94. The number of anilines is 1. The lowest BCUT2D eigenvalue weighted by Crippen LogP contribution is -2.39. The van der Waals surface area contributed by atoms with Gasteiger partial charge in [-0.15, -0.1) is 0 Å². The Bertz CT molecular complexity index is 534. The first-order chi connectivity index (χ1) is 10.2. The Morgan fingerprint density at radius 3 is 2.86 bits per heavy atom. The zero-order valence-corrected chi connectivity index (χ0v) is 13.7. The molecule has 1 saturated heterocycles. The molecule has 1 aliphatic carbocycles. The molecule has 3 rings (SSSR count). The maximum Gasteiger partial charge on any atom is 0.227 e. The van der Waals surface area contributed by atoms with Gasteiger partial charge >= 0.3 is 0 Å². The molecule has 3 nitrogen and oxygen atoms in total. The minimum atomic E-state index is 0.240. The van der Waals surface area contributed by atoms with Gasteiger partial charge in [-0.3, -0.25) is 4.79 Å². The van der Waals surface area contributed by atoms with Crippen molar-refractivity contribution in [2.24, 2.45) is 5.92 Å². The van der Waals surface area contributed by atoms with E-state index in [1.165, 1.54) is 0 Å². The summed E-state index contributed by atoms with van der Waals surface area (Å²) in [7, 11) is 0. The lowest BCUT2D eigenvalue weighted by Gasteiger charge is -2.29. The van der Waals surface area contributed by atoms with Gasteiger partial charge in [-0.1, -0.05) is 30.0 Å². The number of nitrogens with zero attached hydrogens (tertiary/aromatic N) is 1. The lowest BCUT2D eigenvalue weighted by atomic mass is 10.0. The summed E-state index contributed by atoms with van der Waals surface area (Å²) < 4.78 is 6.02. The molecule has 21 heavy (non-hydrogen) atoms. The van der Waals surface area contributed by atoms with Gasteiger partial charge in [-0.05, 0) is 50.0 Å². The smallest absolute Gasteiger partial charge is 0.227 e. The second-order valence-corrected chi connectivity index (χ2v) is 7.31. The zero-order valence-electron chi connectivity index (χ0n) is 12.0. The highest BCUT2D eigenvalue weighted by Crippen LogP contribution is 2.45. The van der Waals surface area contributed by atoms with Crippen LogP contribution in [0.15, 0.2) is 30.3 Å². The highest BCUT2D eigenvalue weighted by Gasteiger charge is 2.49. The summed E-state index contributed by atoms with van der Waals surface area (Å²) in [4.78, 5) is 14.4. The van der Waals surface area contributed by atoms with Crippen molar-refractivity contribution < 1.29 is 9.53 Å². The normalized spacial score (nSPS) is 27.8. The molecule has 5 heteroatoms. The molecule has 2 unspecified atom stereocenters. The molecule has 0 aromatic heterocycles.